The summed E-state index contributed by atoms with van der Waals surface area (Å²) >= 11 is 0. The lowest BCUT2D eigenvalue weighted by Crippen LogP contribution is -2.30. The van der Waals surface area contributed by atoms with E-state index < -0.39 is 6.10 Å². The summed E-state index contributed by atoms with van der Waals surface area (Å²) in [6, 6.07) is 0. The third kappa shape index (κ3) is 34.1. The number of carbonyl (C=O) groups excluding carboxylic acids is 3. The molecule has 0 spiro atoms. The molecule has 0 amide bonds. The average molecular weight is 667 g/mol. The van der Waals surface area contributed by atoms with Crippen LogP contribution in [0.25, 0.3) is 0 Å². The Hall–Kier alpha value is -1.59. The third-order valence-electron chi connectivity index (χ3n) is 9.33. The van der Waals surface area contributed by atoms with Crippen LogP contribution in [0.3, 0.4) is 0 Å². The molecule has 0 aromatic rings. The van der Waals surface area contributed by atoms with Gasteiger partial charge in [-0.25, -0.2) is 0 Å². The molecule has 0 N–H and O–H groups in total. The highest BCUT2D eigenvalue weighted by Gasteiger charge is 2.19. The van der Waals surface area contributed by atoms with Gasteiger partial charge in [0.1, 0.15) is 13.2 Å². The van der Waals surface area contributed by atoms with E-state index in [0.29, 0.717) is 19.3 Å². The maximum atomic E-state index is 12.6. The van der Waals surface area contributed by atoms with E-state index in [1.807, 2.05) is 0 Å². The number of ether oxygens (including phenoxy) is 3. The normalized spacial score (nSPS) is 12.6. The number of rotatable bonds is 35. The van der Waals surface area contributed by atoms with Crippen molar-refractivity contribution in [3.63, 3.8) is 0 Å². The quantitative estimate of drug-likeness (QED) is 0.0380. The van der Waals surface area contributed by atoms with Crippen LogP contribution in [0.2, 0.25) is 0 Å². The highest BCUT2D eigenvalue weighted by Crippen LogP contribution is 2.16. The number of unbranched alkanes of at least 4 members (excludes halogenated alkanes) is 19. The third-order valence-corrected chi connectivity index (χ3v) is 9.33. The van der Waals surface area contributed by atoms with Crippen LogP contribution >= 0.6 is 0 Å². The van der Waals surface area contributed by atoms with Gasteiger partial charge in [0.25, 0.3) is 0 Å². The van der Waals surface area contributed by atoms with Crippen molar-refractivity contribution in [2.75, 3.05) is 13.2 Å². The van der Waals surface area contributed by atoms with E-state index in [0.717, 1.165) is 69.6 Å². The van der Waals surface area contributed by atoms with Gasteiger partial charge in [0.05, 0.1) is 0 Å². The minimum atomic E-state index is -0.759. The first kappa shape index (κ1) is 45.4. The van der Waals surface area contributed by atoms with Crippen molar-refractivity contribution in [2.24, 2.45) is 11.8 Å². The second-order valence-electron chi connectivity index (χ2n) is 14.6. The van der Waals surface area contributed by atoms with E-state index in [1.165, 1.54) is 103 Å². The zero-order valence-corrected chi connectivity index (χ0v) is 31.9. The lowest BCUT2D eigenvalue weighted by Gasteiger charge is -2.18. The lowest BCUT2D eigenvalue weighted by atomic mass is 10.00. The Labute approximate surface area is 291 Å². The summed E-state index contributed by atoms with van der Waals surface area (Å²) in [7, 11) is 0. The van der Waals surface area contributed by atoms with Crippen LogP contribution in [0, 0.1) is 11.8 Å². The molecule has 0 aliphatic rings. The van der Waals surface area contributed by atoms with Crippen LogP contribution < -0.4 is 0 Å². The van der Waals surface area contributed by atoms with Gasteiger partial charge in [-0.05, 0) is 31.1 Å². The highest BCUT2D eigenvalue weighted by molar-refractivity contribution is 5.71. The Bertz CT molecular complexity index is 721. The van der Waals surface area contributed by atoms with Crippen molar-refractivity contribution >= 4 is 17.9 Å². The fourth-order valence-electron chi connectivity index (χ4n) is 5.84. The molecular formula is C41H78O6. The van der Waals surface area contributed by atoms with Crippen molar-refractivity contribution in [1.29, 1.82) is 0 Å². The van der Waals surface area contributed by atoms with Crippen LogP contribution in [0.4, 0.5) is 0 Å². The smallest absolute Gasteiger partial charge is 0.306 e. The van der Waals surface area contributed by atoms with Crippen LogP contribution in [0.1, 0.15) is 214 Å². The largest absolute Gasteiger partial charge is 0.462 e. The second-order valence-corrected chi connectivity index (χ2v) is 14.6. The minimum Gasteiger partial charge on any atom is -0.462 e. The van der Waals surface area contributed by atoms with Gasteiger partial charge < -0.3 is 14.2 Å². The van der Waals surface area contributed by atoms with E-state index in [-0.39, 0.29) is 31.1 Å². The molecule has 0 aromatic heterocycles. The number of hydrogen-bond donors (Lipinski definition) is 0. The fourth-order valence-corrected chi connectivity index (χ4v) is 5.84. The molecule has 2 atom stereocenters. The Kier molecular flexibility index (Phi) is 33.1. The van der Waals surface area contributed by atoms with Crippen LogP contribution in [0.15, 0.2) is 0 Å². The summed E-state index contributed by atoms with van der Waals surface area (Å²) in [6.07, 6.45) is 29.6. The lowest BCUT2D eigenvalue weighted by molar-refractivity contribution is -0.167. The van der Waals surface area contributed by atoms with Gasteiger partial charge in [-0.15, -0.1) is 0 Å². The minimum absolute atomic E-state index is 0.0673. The number of carbonyl (C=O) groups is 3. The molecule has 0 saturated carbocycles. The molecule has 0 aliphatic carbocycles. The van der Waals surface area contributed by atoms with Crippen LogP contribution in [-0.4, -0.2) is 37.2 Å². The summed E-state index contributed by atoms with van der Waals surface area (Å²) in [5.74, 6) is 0.724. The highest BCUT2D eigenvalue weighted by atomic mass is 16.6. The second kappa shape index (κ2) is 34.3. The molecule has 0 aliphatic heterocycles. The Morgan fingerprint density at radius 2 is 0.809 bits per heavy atom. The van der Waals surface area contributed by atoms with Gasteiger partial charge in [-0.3, -0.25) is 14.4 Å². The van der Waals surface area contributed by atoms with Gasteiger partial charge in [-0.2, -0.15) is 0 Å². The van der Waals surface area contributed by atoms with Crippen LogP contribution in [0.5, 0.6) is 0 Å². The van der Waals surface area contributed by atoms with E-state index in [9.17, 15) is 14.4 Å². The molecule has 47 heavy (non-hydrogen) atoms. The predicted octanol–water partition coefficient (Wildman–Crippen LogP) is 12.2. The maximum absolute atomic E-state index is 12.6. The van der Waals surface area contributed by atoms with Gasteiger partial charge in [0, 0.05) is 19.3 Å². The van der Waals surface area contributed by atoms with Gasteiger partial charge >= 0.3 is 17.9 Å². The predicted molar refractivity (Wildman–Crippen MR) is 196 cm³/mol. The number of esters is 3. The van der Waals surface area contributed by atoms with E-state index in [4.69, 9.17) is 14.2 Å². The molecule has 278 valence electrons. The van der Waals surface area contributed by atoms with Gasteiger partial charge in [-0.1, -0.05) is 176 Å². The molecule has 0 bridgehead atoms. The zero-order valence-electron chi connectivity index (χ0n) is 31.9. The van der Waals surface area contributed by atoms with Crippen LogP contribution in [-0.2, 0) is 28.6 Å². The molecule has 0 saturated heterocycles. The van der Waals surface area contributed by atoms with Gasteiger partial charge in [0.2, 0.25) is 0 Å². The Balaban J connectivity index is 4.37. The van der Waals surface area contributed by atoms with Crippen molar-refractivity contribution in [3.8, 4) is 0 Å². The summed E-state index contributed by atoms with van der Waals surface area (Å²) in [6.45, 7) is 11.2. The topological polar surface area (TPSA) is 78.9 Å². The molecule has 1 unspecified atom stereocenters. The molecule has 0 radical (unpaired) electrons. The number of hydrogen-bond acceptors (Lipinski definition) is 6. The molecular weight excluding hydrogens is 588 g/mol. The zero-order chi connectivity index (χ0) is 34.8. The van der Waals surface area contributed by atoms with Crippen molar-refractivity contribution in [2.45, 2.75) is 221 Å². The molecule has 0 aromatic carbocycles. The maximum Gasteiger partial charge on any atom is 0.306 e. The summed E-state index contributed by atoms with van der Waals surface area (Å²) in [5, 5.41) is 0. The summed E-state index contributed by atoms with van der Waals surface area (Å²) in [5.41, 5.74) is 0. The molecule has 0 rings (SSSR count). The fraction of sp³-hybridized carbons (Fsp3) is 0.927. The summed E-state index contributed by atoms with van der Waals surface area (Å²) < 4.78 is 16.6. The Morgan fingerprint density at radius 3 is 1.21 bits per heavy atom. The average Bonchev–Trinajstić information content (AvgIpc) is 3.05. The first-order valence-electron chi connectivity index (χ1n) is 20.3. The monoisotopic (exact) mass is 667 g/mol. The van der Waals surface area contributed by atoms with Crippen molar-refractivity contribution in [1.82, 2.24) is 0 Å². The standard InChI is InChI=1S/C41H78O6/c1-6-8-9-10-11-12-15-23-28-33-41(44)47-38(34-45-39(42)31-26-21-16-13-14-19-24-29-36(3)4)35-46-40(43)32-27-22-18-17-20-25-30-37(5)7-2/h36-38H,6-35H2,1-5H3/t37?,38-/m1/s1. The van der Waals surface area contributed by atoms with E-state index >= 15 is 0 Å². The van der Waals surface area contributed by atoms with E-state index in [1.54, 1.807) is 0 Å². The molecule has 6 heteroatoms. The summed E-state index contributed by atoms with van der Waals surface area (Å²) in [4.78, 5) is 37.4. The van der Waals surface area contributed by atoms with Crippen molar-refractivity contribution < 1.29 is 28.6 Å². The Morgan fingerprint density at radius 1 is 0.447 bits per heavy atom. The van der Waals surface area contributed by atoms with E-state index in [2.05, 4.69) is 34.6 Å². The SMILES string of the molecule is CCCCCCCCCCCC(=O)O[C@H](COC(=O)CCCCCCCCCC(C)C)COC(=O)CCCCCCCCC(C)CC. The first-order valence-corrected chi connectivity index (χ1v) is 20.3. The first-order chi connectivity index (χ1) is 22.8. The molecule has 6 nitrogen and oxygen atoms in total. The molecule has 0 heterocycles. The van der Waals surface area contributed by atoms with Crippen molar-refractivity contribution in [3.05, 3.63) is 0 Å². The van der Waals surface area contributed by atoms with Gasteiger partial charge in [0.15, 0.2) is 6.10 Å². The molecule has 0 fully saturated rings.